The van der Waals surface area contributed by atoms with E-state index in [2.05, 4.69) is 35.6 Å². The zero-order valence-electron chi connectivity index (χ0n) is 13.1. The molecule has 1 saturated carbocycles. The molecule has 0 amide bonds. The summed E-state index contributed by atoms with van der Waals surface area (Å²) in [6, 6.07) is 11.3. The van der Waals surface area contributed by atoms with Gasteiger partial charge in [-0.3, -0.25) is 0 Å². The van der Waals surface area contributed by atoms with Gasteiger partial charge in [-0.05, 0) is 30.7 Å². The molecule has 2 atom stereocenters. The highest BCUT2D eigenvalue weighted by Crippen LogP contribution is 2.34. The van der Waals surface area contributed by atoms with Crippen molar-refractivity contribution in [1.29, 1.82) is 0 Å². The maximum Gasteiger partial charge on any atom is 0.0616 e. The van der Waals surface area contributed by atoms with Gasteiger partial charge >= 0.3 is 0 Å². The smallest absolute Gasteiger partial charge is 0.0616 e. The van der Waals surface area contributed by atoms with E-state index >= 15 is 0 Å². The van der Waals surface area contributed by atoms with Gasteiger partial charge in [-0.2, -0.15) is 0 Å². The second kappa shape index (κ2) is 9.19. The Labute approximate surface area is 128 Å². The number of ether oxygens (including phenoxy) is 1. The largest absolute Gasteiger partial charge is 0.396 e. The first kappa shape index (κ1) is 16.5. The van der Waals surface area contributed by atoms with Crippen LogP contribution in [0, 0.1) is 5.92 Å². The van der Waals surface area contributed by atoms with Crippen LogP contribution >= 0.6 is 0 Å². The van der Waals surface area contributed by atoms with Crippen molar-refractivity contribution in [2.75, 3.05) is 20.3 Å². The molecule has 1 fully saturated rings. The van der Waals surface area contributed by atoms with Crippen LogP contribution in [0.2, 0.25) is 0 Å². The Kier molecular flexibility index (Phi) is 7.20. The van der Waals surface area contributed by atoms with E-state index in [4.69, 9.17) is 4.74 Å². The van der Waals surface area contributed by atoms with Crippen LogP contribution in [0.3, 0.4) is 0 Å². The van der Waals surface area contributed by atoms with Crippen LogP contribution < -0.4 is 5.32 Å². The molecule has 3 heteroatoms. The summed E-state index contributed by atoms with van der Waals surface area (Å²) >= 11 is 0. The Morgan fingerprint density at radius 1 is 1.19 bits per heavy atom. The highest BCUT2D eigenvalue weighted by Gasteiger charge is 2.26. The SMILES string of the molecule is COCC(CCO)NC(c1ccccc1)C1CCCCC1. The second-order valence-corrected chi connectivity index (χ2v) is 6.12. The van der Waals surface area contributed by atoms with E-state index in [0.717, 1.165) is 6.42 Å². The van der Waals surface area contributed by atoms with Gasteiger partial charge in [0.1, 0.15) is 0 Å². The molecule has 2 unspecified atom stereocenters. The minimum atomic E-state index is 0.202. The Bertz CT molecular complexity index is 370. The molecule has 1 aromatic carbocycles. The molecule has 1 aliphatic carbocycles. The molecule has 0 bridgehead atoms. The Morgan fingerprint density at radius 2 is 1.90 bits per heavy atom. The first-order chi connectivity index (χ1) is 10.3. The molecule has 0 radical (unpaired) electrons. The van der Waals surface area contributed by atoms with E-state index < -0.39 is 0 Å². The molecule has 21 heavy (non-hydrogen) atoms. The quantitative estimate of drug-likeness (QED) is 0.772. The van der Waals surface area contributed by atoms with E-state index in [0.29, 0.717) is 18.6 Å². The Hall–Kier alpha value is -0.900. The lowest BCUT2D eigenvalue weighted by molar-refractivity contribution is 0.131. The van der Waals surface area contributed by atoms with Crippen molar-refractivity contribution in [2.24, 2.45) is 5.92 Å². The van der Waals surface area contributed by atoms with Crippen LogP contribution in [0.4, 0.5) is 0 Å². The first-order valence-corrected chi connectivity index (χ1v) is 8.26. The summed E-state index contributed by atoms with van der Waals surface area (Å²) in [5.74, 6) is 0.694. The lowest BCUT2D eigenvalue weighted by Crippen LogP contribution is -2.40. The predicted octanol–water partition coefficient (Wildman–Crippen LogP) is 3.30. The van der Waals surface area contributed by atoms with Crippen LogP contribution in [0.15, 0.2) is 30.3 Å². The van der Waals surface area contributed by atoms with Crippen LogP contribution in [-0.4, -0.2) is 31.5 Å². The lowest BCUT2D eigenvalue weighted by atomic mass is 9.80. The zero-order valence-corrected chi connectivity index (χ0v) is 13.1. The van der Waals surface area contributed by atoms with Gasteiger partial charge in [0.2, 0.25) is 0 Å². The number of aliphatic hydroxyl groups is 1. The number of nitrogens with one attached hydrogen (secondary N) is 1. The maximum atomic E-state index is 9.26. The average molecular weight is 291 g/mol. The van der Waals surface area contributed by atoms with E-state index in [1.807, 2.05) is 0 Å². The molecular weight excluding hydrogens is 262 g/mol. The normalized spacial score (nSPS) is 19.3. The fraction of sp³-hybridized carbons (Fsp3) is 0.667. The van der Waals surface area contributed by atoms with Gasteiger partial charge in [0.15, 0.2) is 0 Å². The Morgan fingerprint density at radius 3 is 2.52 bits per heavy atom. The molecule has 2 rings (SSSR count). The highest BCUT2D eigenvalue weighted by molar-refractivity contribution is 5.20. The molecule has 1 aromatic rings. The second-order valence-electron chi connectivity index (χ2n) is 6.12. The number of rotatable bonds is 8. The highest BCUT2D eigenvalue weighted by atomic mass is 16.5. The van der Waals surface area contributed by atoms with Gasteiger partial charge < -0.3 is 15.2 Å². The molecule has 0 spiro atoms. The molecular formula is C18H29NO2. The van der Waals surface area contributed by atoms with Gasteiger partial charge in [0, 0.05) is 25.8 Å². The summed E-state index contributed by atoms with van der Waals surface area (Å²) in [6.45, 7) is 0.851. The molecule has 3 nitrogen and oxygen atoms in total. The molecule has 0 saturated heterocycles. The van der Waals surface area contributed by atoms with Crippen LogP contribution in [0.1, 0.15) is 50.1 Å². The maximum absolute atomic E-state index is 9.26. The molecule has 0 heterocycles. The average Bonchev–Trinajstić information content (AvgIpc) is 2.54. The van der Waals surface area contributed by atoms with E-state index in [9.17, 15) is 5.11 Å². The van der Waals surface area contributed by atoms with Crippen LogP contribution in [0.5, 0.6) is 0 Å². The van der Waals surface area contributed by atoms with Crippen LogP contribution in [0.25, 0.3) is 0 Å². The van der Waals surface area contributed by atoms with Gasteiger partial charge in [0.25, 0.3) is 0 Å². The van der Waals surface area contributed by atoms with E-state index in [1.54, 1.807) is 7.11 Å². The first-order valence-electron chi connectivity index (χ1n) is 8.26. The Balaban J connectivity index is 2.10. The van der Waals surface area contributed by atoms with Crippen molar-refractivity contribution >= 4 is 0 Å². The van der Waals surface area contributed by atoms with Crippen molar-refractivity contribution in [2.45, 2.75) is 50.6 Å². The summed E-state index contributed by atoms with van der Waals surface area (Å²) in [7, 11) is 1.73. The summed E-state index contributed by atoms with van der Waals surface area (Å²) in [5, 5.41) is 13.0. The topological polar surface area (TPSA) is 41.5 Å². The van der Waals surface area contributed by atoms with Crippen molar-refractivity contribution in [3.8, 4) is 0 Å². The molecule has 0 aromatic heterocycles. The van der Waals surface area contributed by atoms with E-state index in [-0.39, 0.29) is 12.6 Å². The molecule has 118 valence electrons. The van der Waals surface area contributed by atoms with Crippen molar-refractivity contribution in [3.05, 3.63) is 35.9 Å². The molecule has 0 aliphatic heterocycles. The number of hydrogen-bond donors (Lipinski definition) is 2. The summed E-state index contributed by atoms with van der Waals surface area (Å²) in [5.41, 5.74) is 1.36. The monoisotopic (exact) mass is 291 g/mol. The van der Waals surface area contributed by atoms with Gasteiger partial charge in [0.05, 0.1) is 6.61 Å². The third kappa shape index (κ3) is 5.10. The third-order valence-corrected chi connectivity index (χ3v) is 4.54. The molecule has 1 aliphatic rings. The molecule has 2 N–H and O–H groups in total. The van der Waals surface area contributed by atoms with Gasteiger partial charge in [-0.15, -0.1) is 0 Å². The van der Waals surface area contributed by atoms with Crippen molar-refractivity contribution < 1.29 is 9.84 Å². The predicted molar refractivity (Wildman–Crippen MR) is 86.3 cm³/mol. The van der Waals surface area contributed by atoms with Gasteiger partial charge in [-0.1, -0.05) is 49.6 Å². The standard InChI is InChI=1S/C18H29NO2/c1-21-14-17(12-13-20)19-18(15-8-4-2-5-9-15)16-10-6-3-7-11-16/h2,4-5,8-9,16-20H,3,6-7,10-14H2,1H3. The summed E-state index contributed by atoms with van der Waals surface area (Å²) < 4.78 is 5.31. The number of benzene rings is 1. The third-order valence-electron chi connectivity index (χ3n) is 4.54. The van der Waals surface area contributed by atoms with Crippen molar-refractivity contribution in [1.82, 2.24) is 5.32 Å². The fourth-order valence-electron chi connectivity index (χ4n) is 3.46. The lowest BCUT2D eigenvalue weighted by Gasteiger charge is -2.34. The minimum absolute atomic E-state index is 0.202. The number of aliphatic hydroxyl groups excluding tert-OH is 1. The fourth-order valence-corrected chi connectivity index (χ4v) is 3.46. The summed E-state index contributed by atoms with van der Waals surface area (Å²) in [6.07, 6.45) is 7.38. The number of methoxy groups -OCH3 is 1. The van der Waals surface area contributed by atoms with Gasteiger partial charge in [-0.25, -0.2) is 0 Å². The zero-order chi connectivity index (χ0) is 14.9. The van der Waals surface area contributed by atoms with Crippen molar-refractivity contribution in [3.63, 3.8) is 0 Å². The summed E-state index contributed by atoms with van der Waals surface area (Å²) in [4.78, 5) is 0. The number of hydrogen-bond acceptors (Lipinski definition) is 3. The minimum Gasteiger partial charge on any atom is -0.396 e. The van der Waals surface area contributed by atoms with Crippen LogP contribution in [-0.2, 0) is 4.74 Å². The van der Waals surface area contributed by atoms with E-state index in [1.165, 1.54) is 37.7 Å².